The number of halogens is 1. The number of hydrogen-bond donors (Lipinski definition) is 3. The molecular formula is C10H15FN3O4P. The standard InChI is InChI=1S/C10H15FN3O4P/c11-8-3-12-5-13-10(8)14-7-1-6(4-15)9(2-7)18-19(16)17/h3,5-7,9,15,19H,1-2,4H2,(H,16,17)(H,12,13,14)/t6-,7-,9?/m1/s1. The zero-order chi connectivity index (χ0) is 13.8. The van der Waals surface area contributed by atoms with E-state index in [2.05, 4.69) is 15.3 Å². The summed E-state index contributed by atoms with van der Waals surface area (Å²) in [6.45, 7) is -0.149. The summed E-state index contributed by atoms with van der Waals surface area (Å²) < 4.78 is 29.0. The van der Waals surface area contributed by atoms with Gasteiger partial charge in [-0.25, -0.2) is 14.4 Å². The van der Waals surface area contributed by atoms with Crippen LogP contribution in [0.2, 0.25) is 0 Å². The van der Waals surface area contributed by atoms with Crippen molar-refractivity contribution in [2.45, 2.75) is 25.0 Å². The highest BCUT2D eigenvalue weighted by Crippen LogP contribution is 2.35. The number of nitrogens with zero attached hydrogens (tertiary/aromatic N) is 2. The van der Waals surface area contributed by atoms with Crippen molar-refractivity contribution >= 4 is 14.1 Å². The Morgan fingerprint density at radius 1 is 1.58 bits per heavy atom. The summed E-state index contributed by atoms with van der Waals surface area (Å²) in [6, 6.07) is -0.173. The predicted octanol–water partition coefficient (Wildman–Crippen LogP) is 0.566. The van der Waals surface area contributed by atoms with Crippen molar-refractivity contribution in [2.24, 2.45) is 5.92 Å². The maximum Gasteiger partial charge on any atom is 0.316 e. The molecule has 1 aliphatic rings. The number of aliphatic hydroxyl groups is 1. The fourth-order valence-electron chi connectivity index (χ4n) is 2.28. The van der Waals surface area contributed by atoms with E-state index in [9.17, 15) is 14.1 Å². The van der Waals surface area contributed by atoms with Crippen molar-refractivity contribution in [3.63, 3.8) is 0 Å². The smallest absolute Gasteiger partial charge is 0.316 e. The lowest BCUT2D eigenvalue weighted by molar-refractivity contribution is 0.106. The Morgan fingerprint density at radius 3 is 3.00 bits per heavy atom. The second-order valence-corrected chi connectivity index (χ2v) is 5.16. The second kappa shape index (κ2) is 6.38. The van der Waals surface area contributed by atoms with Crippen LogP contribution in [0.5, 0.6) is 0 Å². The van der Waals surface area contributed by atoms with Crippen molar-refractivity contribution in [3.8, 4) is 0 Å². The van der Waals surface area contributed by atoms with Crippen LogP contribution in [0.4, 0.5) is 10.2 Å². The monoisotopic (exact) mass is 291 g/mol. The molecule has 4 atom stereocenters. The summed E-state index contributed by atoms with van der Waals surface area (Å²) in [5.74, 6) is -0.736. The maximum atomic E-state index is 13.4. The zero-order valence-electron chi connectivity index (χ0n) is 9.99. The van der Waals surface area contributed by atoms with E-state index < -0.39 is 20.2 Å². The van der Waals surface area contributed by atoms with Gasteiger partial charge >= 0.3 is 8.25 Å². The molecule has 9 heteroatoms. The molecule has 0 aliphatic heterocycles. The van der Waals surface area contributed by atoms with Crippen molar-refractivity contribution in [1.82, 2.24) is 9.97 Å². The van der Waals surface area contributed by atoms with Gasteiger partial charge < -0.3 is 19.8 Å². The van der Waals surface area contributed by atoms with Gasteiger partial charge in [0.1, 0.15) is 6.33 Å². The van der Waals surface area contributed by atoms with Crippen LogP contribution in [0, 0.1) is 11.7 Å². The number of nitrogens with one attached hydrogen (secondary N) is 1. The molecule has 19 heavy (non-hydrogen) atoms. The molecule has 0 saturated heterocycles. The molecular weight excluding hydrogens is 276 g/mol. The van der Waals surface area contributed by atoms with E-state index in [1.165, 1.54) is 6.33 Å². The van der Waals surface area contributed by atoms with Gasteiger partial charge in [0.05, 0.1) is 12.3 Å². The SMILES string of the molecule is O=[PH](O)OC1C[C@H](Nc2ncncc2F)C[C@@H]1CO. The Labute approximate surface area is 109 Å². The van der Waals surface area contributed by atoms with Crippen molar-refractivity contribution < 1.29 is 23.5 Å². The molecule has 7 nitrogen and oxygen atoms in total. The quantitative estimate of drug-likeness (QED) is 0.681. The molecule has 3 N–H and O–H groups in total. The summed E-state index contributed by atoms with van der Waals surface area (Å²) >= 11 is 0. The maximum absolute atomic E-state index is 13.4. The van der Waals surface area contributed by atoms with Gasteiger partial charge in [-0.3, -0.25) is 4.57 Å². The summed E-state index contributed by atoms with van der Waals surface area (Å²) in [6.07, 6.45) is 2.69. The fourth-order valence-corrected chi connectivity index (χ4v) is 2.83. The highest BCUT2D eigenvalue weighted by molar-refractivity contribution is 7.32. The average molecular weight is 291 g/mol. The van der Waals surface area contributed by atoms with Gasteiger partial charge in [0, 0.05) is 18.6 Å². The van der Waals surface area contributed by atoms with Crippen LogP contribution < -0.4 is 5.32 Å². The van der Waals surface area contributed by atoms with Crippen molar-refractivity contribution in [2.75, 3.05) is 11.9 Å². The van der Waals surface area contributed by atoms with E-state index in [1.807, 2.05) is 0 Å². The lowest BCUT2D eigenvalue weighted by Crippen LogP contribution is -2.19. The number of hydrogen-bond acceptors (Lipinski definition) is 6. The largest absolute Gasteiger partial charge is 0.396 e. The number of rotatable bonds is 5. The molecule has 106 valence electrons. The minimum atomic E-state index is -3.05. The van der Waals surface area contributed by atoms with Gasteiger partial charge in [0.25, 0.3) is 0 Å². The molecule has 2 rings (SSSR count). The van der Waals surface area contributed by atoms with Gasteiger partial charge in [0.15, 0.2) is 11.6 Å². The van der Waals surface area contributed by atoms with Crippen molar-refractivity contribution in [1.29, 1.82) is 0 Å². The lowest BCUT2D eigenvalue weighted by atomic mass is 10.1. The Bertz CT molecular complexity index is 464. The van der Waals surface area contributed by atoms with Crippen LogP contribution in [-0.2, 0) is 9.09 Å². The molecule has 1 aromatic heterocycles. The fraction of sp³-hybridized carbons (Fsp3) is 0.600. The molecule has 1 saturated carbocycles. The van der Waals surface area contributed by atoms with E-state index in [1.54, 1.807) is 0 Å². The Morgan fingerprint density at radius 2 is 2.37 bits per heavy atom. The summed E-state index contributed by atoms with van der Waals surface area (Å²) in [5, 5.41) is 12.1. The molecule has 1 heterocycles. The van der Waals surface area contributed by atoms with Gasteiger partial charge in [-0.05, 0) is 12.8 Å². The third-order valence-corrected chi connectivity index (χ3v) is 3.63. The molecule has 0 bridgehead atoms. The highest BCUT2D eigenvalue weighted by atomic mass is 31.1. The Hall–Kier alpha value is -1.08. The summed E-state index contributed by atoms with van der Waals surface area (Å²) in [7, 11) is -3.05. The number of aromatic nitrogens is 2. The van der Waals surface area contributed by atoms with Crippen LogP contribution in [0.15, 0.2) is 12.5 Å². The number of anilines is 1. The molecule has 2 unspecified atom stereocenters. The van der Waals surface area contributed by atoms with E-state index in [-0.39, 0.29) is 24.4 Å². The Balaban J connectivity index is 2.00. The van der Waals surface area contributed by atoms with E-state index in [0.717, 1.165) is 6.20 Å². The minimum Gasteiger partial charge on any atom is -0.396 e. The minimum absolute atomic E-state index is 0.0778. The molecule has 0 radical (unpaired) electrons. The van der Waals surface area contributed by atoms with E-state index >= 15 is 0 Å². The molecule has 0 amide bonds. The average Bonchev–Trinajstić information content (AvgIpc) is 2.73. The van der Waals surface area contributed by atoms with E-state index in [4.69, 9.17) is 9.42 Å². The summed E-state index contributed by atoms with van der Waals surface area (Å²) in [5.41, 5.74) is 0. The molecule has 1 fully saturated rings. The molecule has 1 aromatic rings. The predicted molar refractivity (Wildman–Crippen MR) is 65.3 cm³/mol. The van der Waals surface area contributed by atoms with Gasteiger partial charge in [-0.2, -0.15) is 0 Å². The van der Waals surface area contributed by atoms with Gasteiger partial charge in [-0.1, -0.05) is 0 Å². The molecule has 0 spiro atoms. The van der Waals surface area contributed by atoms with Crippen LogP contribution in [-0.4, -0.2) is 38.7 Å². The van der Waals surface area contributed by atoms with Crippen LogP contribution in [0.25, 0.3) is 0 Å². The first-order valence-electron chi connectivity index (χ1n) is 5.82. The van der Waals surface area contributed by atoms with Crippen LogP contribution in [0.3, 0.4) is 0 Å². The Kier molecular flexibility index (Phi) is 4.81. The normalized spacial score (nSPS) is 28.3. The highest BCUT2D eigenvalue weighted by Gasteiger charge is 2.36. The van der Waals surface area contributed by atoms with Gasteiger partial charge in [0.2, 0.25) is 0 Å². The third kappa shape index (κ3) is 3.70. The second-order valence-electron chi connectivity index (χ2n) is 4.40. The number of aliphatic hydroxyl groups excluding tert-OH is 1. The third-order valence-electron chi connectivity index (χ3n) is 3.13. The van der Waals surface area contributed by atoms with Crippen LogP contribution >= 0.6 is 8.25 Å². The zero-order valence-corrected chi connectivity index (χ0v) is 11.0. The lowest BCUT2D eigenvalue weighted by Gasteiger charge is -2.15. The van der Waals surface area contributed by atoms with Crippen molar-refractivity contribution in [3.05, 3.63) is 18.3 Å². The topological polar surface area (TPSA) is 105 Å². The van der Waals surface area contributed by atoms with Crippen LogP contribution in [0.1, 0.15) is 12.8 Å². The first-order valence-corrected chi connectivity index (χ1v) is 7.09. The van der Waals surface area contributed by atoms with E-state index in [0.29, 0.717) is 12.8 Å². The van der Waals surface area contributed by atoms with Gasteiger partial charge in [-0.15, -0.1) is 0 Å². The first kappa shape index (κ1) is 14.3. The first-order chi connectivity index (χ1) is 9.10. The molecule has 1 aliphatic carbocycles. The summed E-state index contributed by atoms with van der Waals surface area (Å²) in [4.78, 5) is 16.1. The molecule has 0 aromatic carbocycles.